The van der Waals surface area contributed by atoms with Crippen molar-refractivity contribution in [1.29, 1.82) is 0 Å². The Morgan fingerprint density at radius 1 is 1.19 bits per heavy atom. The average Bonchev–Trinajstić information content (AvgIpc) is 2.19. The summed E-state index contributed by atoms with van der Waals surface area (Å²) in [5.74, 6) is 0.664. The Balaban J connectivity index is 1.41. The summed E-state index contributed by atoms with van der Waals surface area (Å²) in [4.78, 5) is 2.61. The highest BCUT2D eigenvalue weighted by Gasteiger charge is 2.58. The van der Waals surface area contributed by atoms with E-state index in [1.165, 1.54) is 45.2 Å². The van der Waals surface area contributed by atoms with Crippen LogP contribution < -0.4 is 5.73 Å². The third kappa shape index (κ3) is 1.14. The van der Waals surface area contributed by atoms with Crippen LogP contribution in [0.1, 0.15) is 32.1 Å². The van der Waals surface area contributed by atoms with Crippen molar-refractivity contribution in [1.82, 2.24) is 4.90 Å². The third-order valence-corrected chi connectivity index (χ3v) is 5.55. The molecule has 2 aliphatic heterocycles. The fourth-order valence-corrected chi connectivity index (χ4v) is 4.39. The van der Waals surface area contributed by atoms with Gasteiger partial charge in [-0.2, -0.15) is 0 Å². The predicted octanol–water partition coefficient (Wildman–Crippen LogP) is 0.977. The summed E-state index contributed by atoms with van der Waals surface area (Å²) < 4.78 is 5.91. The predicted molar refractivity (Wildman–Crippen MR) is 62.1 cm³/mol. The number of rotatable bonds is 1. The van der Waals surface area contributed by atoms with Crippen LogP contribution in [-0.2, 0) is 4.74 Å². The van der Waals surface area contributed by atoms with Gasteiger partial charge < -0.3 is 10.5 Å². The molecule has 2 heterocycles. The molecule has 4 atom stereocenters. The van der Waals surface area contributed by atoms with Gasteiger partial charge in [-0.25, -0.2) is 0 Å². The van der Waals surface area contributed by atoms with E-state index in [2.05, 4.69) is 4.90 Å². The molecule has 0 aromatic rings. The monoisotopic (exact) mass is 222 g/mol. The first-order chi connectivity index (χ1) is 7.79. The molecule has 0 amide bonds. The van der Waals surface area contributed by atoms with Crippen molar-refractivity contribution in [3.05, 3.63) is 0 Å². The van der Waals surface area contributed by atoms with Gasteiger partial charge in [0.15, 0.2) is 0 Å². The summed E-state index contributed by atoms with van der Waals surface area (Å²) in [6, 6.07) is 0.944. The zero-order valence-electron chi connectivity index (χ0n) is 9.90. The standard InChI is InChI=1S/C13H22N2O/c14-10-9-3-1-6-16-12(9)11(10)15-7-13(8-15)4-2-5-13/h9-12H,1-8,14H2. The first kappa shape index (κ1) is 9.86. The topological polar surface area (TPSA) is 38.5 Å². The summed E-state index contributed by atoms with van der Waals surface area (Å²) >= 11 is 0. The zero-order valence-corrected chi connectivity index (χ0v) is 9.90. The summed E-state index contributed by atoms with van der Waals surface area (Å²) in [6.45, 7) is 3.57. The molecular weight excluding hydrogens is 200 g/mol. The molecule has 4 fully saturated rings. The van der Waals surface area contributed by atoms with Crippen LogP contribution in [0, 0.1) is 11.3 Å². The highest BCUT2D eigenvalue weighted by molar-refractivity contribution is 5.13. The highest BCUT2D eigenvalue weighted by Crippen LogP contribution is 2.52. The van der Waals surface area contributed by atoms with E-state index in [0.717, 1.165) is 12.0 Å². The minimum atomic E-state index is 0.391. The van der Waals surface area contributed by atoms with E-state index >= 15 is 0 Å². The molecule has 4 unspecified atom stereocenters. The molecule has 0 bridgehead atoms. The van der Waals surface area contributed by atoms with Gasteiger partial charge in [0, 0.05) is 31.7 Å². The maximum Gasteiger partial charge on any atom is 0.0788 e. The SMILES string of the molecule is NC1C2CCCOC2C1N1CC2(CCC2)C1. The summed E-state index contributed by atoms with van der Waals surface area (Å²) in [6.07, 6.45) is 7.35. The molecule has 2 saturated heterocycles. The second kappa shape index (κ2) is 3.21. The van der Waals surface area contributed by atoms with Gasteiger partial charge in [0.1, 0.15) is 0 Å². The van der Waals surface area contributed by atoms with Crippen molar-refractivity contribution >= 4 is 0 Å². The second-order valence-corrected chi connectivity index (χ2v) is 6.47. The molecule has 4 rings (SSSR count). The minimum absolute atomic E-state index is 0.391. The van der Waals surface area contributed by atoms with Crippen molar-refractivity contribution in [2.45, 2.75) is 50.3 Å². The summed E-state index contributed by atoms with van der Waals surface area (Å²) in [5, 5.41) is 0. The molecule has 2 saturated carbocycles. The Morgan fingerprint density at radius 2 is 2.00 bits per heavy atom. The van der Waals surface area contributed by atoms with Gasteiger partial charge in [0.05, 0.1) is 12.1 Å². The van der Waals surface area contributed by atoms with Crippen LogP contribution in [-0.4, -0.2) is 42.8 Å². The molecule has 4 aliphatic rings. The normalized spacial score (nSPS) is 50.1. The van der Waals surface area contributed by atoms with E-state index in [1.54, 1.807) is 0 Å². The second-order valence-electron chi connectivity index (χ2n) is 6.47. The maximum atomic E-state index is 6.31. The Kier molecular flexibility index (Phi) is 1.98. The molecule has 2 N–H and O–H groups in total. The average molecular weight is 222 g/mol. The van der Waals surface area contributed by atoms with Gasteiger partial charge >= 0.3 is 0 Å². The summed E-state index contributed by atoms with van der Waals surface area (Å²) in [5.41, 5.74) is 7.04. The molecule has 0 aromatic carbocycles. The van der Waals surface area contributed by atoms with Crippen LogP contribution in [0.3, 0.4) is 0 Å². The molecule has 16 heavy (non-hydrogen) atoms. The zero-order chi connectivity index (χ0) is 10.8. The molecule has 1 spiro atoms. The van der Waals surface area contributed by atoms with Crippen LogP contribution in [0.2, 0.25) is 0 Å². The van der Waals surface area contributed by atoms with Crippen LogP contribution >= 0.6 is 0 Å². The minimum Gasteiger partial charge on any atom is -0.376 e. The Bertz CT molecular complexity index is 294. The fraction of sp³-hybridized carbons (Fsp3) is 1.00. The van der Waals surface area contributed by atoms with Crippen molar-refractivity contribution in [2.24, 2.45) is 17.1 Å². The van der Waals surface area contributed by atoms with Gasteiger partial charge in [-0.15, -0.1) is 0 Å². The fourth-order valence-electron chi connectivity index (χ4n) is 4.39. The molecule has 3 heteroatoms. The van der Waals surface area contributed by atoms with E-state index in [4.69, 9.17) is 10.5 Å². The van der Waals surface area contributed by atoms with Crippen molar-refractivity contribution in [3.63, 3.8) is 0 Å². The lowest BCUT2D eigenvalue weighted by Crippen LogP contribution is -2.77. The molecular formula is C13H22N2O. The first-order valence-corrected chi connectivity index (χ1v) is 6.90. The van der Waals surface area contributed by atoms with E-state index < -0.39 is 0 Å². The Hall–Kier alpha value is -0.120. The largest absolute Gasteiger partial charge is 0.376 e. The van der Waals surface area contributed by atoms with Crippen molar-refractivity contribution in [2.75, 3.05) is 19.7 Å². The number of nitrogens with zero attached hydrogens (tertiary/aromatic N) is 1. The van der Waals surface area contributed by atoms with E-state index in [0.29, 0.717) is 24.1 Å². The number of ether oxygens (including phenoxy) is 1. The number of hydrogen-bond donors (Lipinski definition) is 1. The lowest BCUT2D eigenvalue weighted by atomic mass is 9.60. The molecule has 2 aliphatic carbocycles. The van der Waals surface area contributed by atoms with Crippen molar-refractivity contribution < 1.29 is 4.74 Å². The van der Waals surface area contributed by atoms with E-state index in [1.807, 2.05) is 0 Å². The number of hydrogen-bond acceptors (Lipinski definition) is 3. The maximum absolute atomic E-state index is 6.31. The molecule has 90 valence electrons. The van der Waals surface area contributed by atoms with E-state index in [9.17, 15) is 0 Å². The van der Waals surface area contributed by atoms with Gasteiger partial charge in [0.2, 0.25) is 0 Å². The lowest BCUT2D eigenvalue weighted by Gasteiger charge is -2.65. The van der Waals surface area contributed by atoms with Gasteiger partial charge in [-0.3, -0.25) is 4.90 Å². The van der Waals surface area contributed by atoms with Gasteiger partial charge in [-0.1, -0.05) is 6.42 Å². The number of likely N-dealkylation sites (tertiary alicyclic amines) is 1. The quantitative estimate of drug-likeness (QED) is 0.718. The lowest BCUT2D eigenvalue weighted by molar-refractivity contribution is -0.199. The van der Waals surface area contributed by atoms with E-state index in [-0.39, 0.29) is 0 Å². The molecule has 3 nitrogen and oxygen atoms in total. The molecule has 0 radical (unpaired) electrons. The molecule has 0 aromatic heterocycles. The van der Waals surface area contributed by atoms with Crippen molar-refractivity contribution in [3.8, 4) is 0 Å². The van der Waals surface area contributed by atoms with Gasteiger partial charge in [0.25, 0.3) is 0 Å². The Morgan fingerprint density at radius 3 is 2.69 bits per heavy atom. The van der Waals surface area contributed by atoms with Crippen LogP contribution in [0.15, 0.2) is 0 Å². The number of fused-ring (bicyclic) bond motifs is 1. The first-order valence-electron chi connectivity index (χ1n) is 6.90. The highest BCUT2D eigenvalue weighted by atomic mass is 16.5. The third-order valence-electron chi connectivity index (χ3n) is 5.55. The number of nitrogens with two attached hydrogens (primary N) is 1. The Labute approximate surface area is 97.3 Å². The van der Waals surface area contributed by atoms with Crippen LogP contribution in [0.4, 0.5) is 0 Å². The smallest absolute Gasteiger partial charge is 0.0788 e. The van der Waals surface area contributed by atoms with Crippen LogP contribution in [0.25, 0.3) is 0 Å². The van der Waals surface area contributed by atoms with Crippen LogP contribution in [0.5, 0.6) is 0 Å². The van der Waals surface area contributed by atoms with Gasteiger partial charge in [-0.05, 0) is 31.1 Å². The summed E-state index contributed by atoms with van der Waals surface area (Å²) in [7, 11) is 0.